The van der Waals surface area contributed by atoms with Crippen molar-refractivity contribution in [1.29, 1.82) is 0 Å². The number of hydrogen-bond acceptors (Lipinski definition) is 4. The molecule has 1 fully saturated rings. The molecule has 156 valence electrons. The normalized spacial score (nSPS) is 17.2. The van der Waals surface area contributed by atoms with Gasteiger partial charge in [-0.2, -0.15) is 0 Å². The van der Waals surface area contributed by atoms with Gasteiger partial charge in [-0.05, 0) is 42.7 Å². The zero-order valence-electron chi connectivity index (χ0n) is 16.8. The molecule has 0 radical (unpaired) electrons. The number of likely N-dealkylation sites (tertiary alicyclic amines) is 1. The predicted octanol–water partition coefficient (Wildman–Crippen LogP) is 3.23. The van der Waals surface area contributed by atoms with Crippen LogP contribution in [0.15, 0.2) is 54.6 Å². The summed E-state index contributed by atoms with van der Waals surface area (Å²) in [6.45, 7) is 4.63. The molecule has 1 unspecified atom stereocenters. The number of rotatable bonds is 9. The number of nitrogens with one attached hydrogen (secondary N) is 2. The van der Waals surface area contributed by atoms with E-state index in [1.807, 2.05) is 25.1 Å². The Morgan fingerprint density at radius 3 is 2.52 bits per heavy atom. The number of unbranched alkanes of at least 4 members (excludes halogenated alkanes) is 1. The summed E-state index contributed by atoms with van der Waals surface area (Å²) in [5.74, 6) is -0.0238. The van der Waals surface area contributed by atoms with Crippen molar-refractivity contribution in [3.05, 3.63) is 65.7 Å². The second-order valence-electron chi connectivity index (χ2n) is 7.53. The van der Waals surface area contributed by atoms with Gasteiger partial charge in [-0.25, -0.2) is 8.42 Å². The van der Waals surface area contributed by atoms with E-state index in [1.165, 1.54) is 5.56 Å². The van der Waals surface area contributed by atoms with Gasteiger partial charge in [0.1, 0.15) is 0 Å². The molecule has 3 rings (SSSR count). The van der Waals surface area contributed by atoms with Gasteiger partial charge in [-0.1, -0.05) is 43.7 Å². The van der Waals surface area contributed by atoms with Crippen LogP contribution in [0.3, 0.4) is 0 Å². The van der Waals surface area contributed by atoms with E-state index in [2.05, 4.69) is 27.1 Å². The number of amides is 1. The van der Waals surface area contributed by atoms with E-state index in [0.717, 1.165) is 32.5 Å². The molecule has 1 heterocycles. The smallest absolute Gasteiger partial charge is 0.251 e. The lowest BCUT2D eigenvalue weighted by Crippen LogP contribution is -2.37. The summed E-state index contributed by atoms with van der Waals surface area (Å²) in [7, 11) is -3.34. The topological polar surface area (TPSA) is 78.5 Å². The van der Waals surface area contributed by atoms with Crippen molar-refractivity contribution in [2.24, 2.45) is 0 Å². The molecule has 1 atom stereocenters. The average molecular weight is 416 g/mol. The highest BCUT2D eigenvalue weighted by Gasteiger charge is 2.24. The number of carbonyl (C=O) groups is 1. The zero-order valence-corrected chi connectivity index (χ0v) is 17.6. The van der Waals surface area contributed by atoms with E-state index < -0.39 is 10.0 Å². The molecule has 0 aliphatic carbocycles. The Morgan fingerprint density at radius 1 is 1.10 bits per heavy atom. The molecule has 0 spiro atoms. The molecule has 1 aliphatic heterocycles. The Hall–Kier alpha value is -2.38. The number of anilines is 1. The second-order valence-corrected chi connectivity index (χ2v) is 9.37. The van der Waals surface area contributed by atoms with Crippen LogP contribution in [0.4, 0.5) is 5.69 Å². The Kier molecular flexibility index (Phi) is 7.28. The summed E-state index contributed by atoms with van der Waals surface area (Å²) >= 11 is 0. The van der Waals surface area contributed by atoms with Crippen molar-refractivity contribution in [1.82, 2.24) is 10.2 Å². The van der Waals surface area contributed by atoms with Crippen LogP contribution < -0.4 is 10.0 Å². The van der Waals surface area contributed by atoms with Crippen molar-refractivity contribution in [3.8, 4) is 0 Å². The Labute approximate surface area is 173 Å². The first kappa shape index (κ1) is 21.3. The monoisotopic (exact) mass is 415 g/mol. The van der Waals surface area contributed by atoms with Crippen LogP contribution >= 0.6 is 0 Å². The third kappa shape index (κ3) is 6.58. The highest BCUT2D eigenvalue weighted by atomic mass is 32.2. The SMILES string of the molecule is CCCCS(=O)(=O)Nc1ccc(C(=O)NC2CCN(Cc3ccccc3)C2)cc1. The van der Waals surface area contributed by atoms with E-state index in [0.29, 0.717) is 17.7 Å². The largest absolute Gasteiger partial charge is 0.348 e. The van der Waals surface area contributed by atoms with Gasteiger partial charge in [0.15, 0.2) is 0 Å². The van der Waals surface area contributed by atoms with Crippen molar-refractivity contribution < 1.29 is 13.2 Å². The Balaban J connectivity index is 1.49. The van der Waals surface area contributed by atoms with Crippen LogP contribution in [-0.2, 0) is 16.6 Å². The van der Waals surface area contributed by atoms with Crippen molar-refractivity contribution in [2.45, 2.75) is 38.8 Å². The molecule has 0 saturated carbocycles. The second kappa shape index (κ2) is 9.89. The summed E-state index contributed by atoms with van der Waals surface area (Å²) in [5.41, 5.74) is 2.28. The van der Waals surface area contributed by atoms with Gasteiger partial charge < -0.3 is 5.32 Å². The first-order valence-corrected chi connectivity index (χ1v) is 11.8. The molecular weight excluding hydrogens is 386 g/mol. The predicted molar refractivity (Wildman–Crippen MR) is 116 cm³/mol. The van der Waals surface area contributed by atoms with Crippen molar-refractivity contribution >= 4 is 21.6 Å². The molecule has 6 nitrogen and oxygen atoms in total. The molecule has 0 aromatic heterocycles. The summed E-state index contributed by atoms with van der Waals surface area (Å²) in [6.07, 6.45) is 2.37. The maximum Gasteiger partial charge on any atom is 0.251 e. The Bertz CT molecular complexity index is 899. The molecular formula is C22H29N3O3S. The van der Waals surface area contributed by atoms with E-state index >= 15 is 0 Å². The summed E-state index contributed by atoms with van der Waals surface area (Å²) in [5, 5.41) is 3.09. The summed E-state index contributed by atoms with van der Waals surface area (Å²) in [4.78, 5) is 14.9. The van der Waals surface area contributed by atoms with Gasteiger partial charge in [0, 0.05) is 36.9 Å². The zero-order chi connectivity index (χ0) is 20.7. The van der Waals surface area contributed by atoms with Crippen molar-refractivity contribution in [2.75, 3.05) is 23.6 Å². The highest BCUT2D eigenvalue weighted by molar-refractivity contribution is 7.92. The molecule has 2 aromatic carbocycles. The third-order valence-electron chi connectivity index (χ3n) is 5.04. The average Bonchev–Trinajstić information content (AvgIpc) is 3.14. The first-order valence-electron chi connectivity index (χ1n) is 10.1. The van der Waals surface area contributed by atoms with Crippen molar-refractivity contribution in [3.63, 3.8) is 0 Å². The molecule has 2 aromatic rings. The fourth-order valence-corrected chi connectivity index (χ4v) is 4.72. The quantitative estimate of drug-likeness (QED) is 0.659. The number of hydrogen-bond donors (Lipinski definition) is 2. The first-order chi connectivity index (χ1) is 13.9. The summed E-state index contributed by atoms with van der Waals surface area (Å²) in [6, 6.07) is 17.0. The maximum absolute atomic E-state index is 12.5. The lowest BCUT2D eigenvalue weighted by molar-refractivity contribution is 0.0937. The number of carbonyl (C=O) groups excluding carboxylic acids is 1. The minimum absolute atomic E-state index is 0.104. The van der Waals surface area contributed by atoms with Crippen LogP contribution in [0, 0.1) is 0 Å². The number of nitrogens with zero attached hydrogens (tertiary/aromatic N) is 1. The molecule has 0 bridgehead atoms. The number of sulfonamides is 1. The molecule has 1 amide bonds. The van der Waals surface area contributed by atoms with E-state index in [9.17, 15) is 13.2 Å². The maximum atomic E-state index is 12.5. The molecule has 1 saturated heterocycles. The van der Waals surface area contributed by atoms with Crippen LogP contribution in [0.2, 0.25) is 0 Å². The third-order valence-corrected chi connectivity index (χ3v) is 6.42. The van der Waals surface area contributed by atoms with Gasteiger partial charge in [0.25, 0.3) is 5.91 Å². The molecule has 7 heteroatoms. The van der Waals surface area contributed by atoms with Gasteiger partial charge in [0.2, 0.25) is 10.0 Å². The van der Waals surface area contributed by atoms with Gasteiger partial charge in [-0.15, -0.1) is 0 Å². The van der Waals surface area contributed by atoms with Gasteiger partial charge in [0.05, 0.1) is 5.75 Å². The van der Waals surface area contributed by atoms with E-state index in [-0.39, 0.29) is 17.7 Å². The summed E-state index contributed by atoms with van der Waals surface area (Å²) < 4.78 is 26.5. The standard InChI is InChI=1S/C22H29N3O3S/c1-2-3-15-29(27,28)24-20-11-9-19(10-12-20)22(26)23-21-13-14-25(17-21)16-18-7-5-4-6-8-18/h4-12,21,24H,2-3,13-17H2,1H3,(H,23,26). The van der Waals surface area contributed by atoms with Crippen LogP contribution in [0.5, 0.6) is 0 Å². The fourth-order valence-electron chi connectivity index (χ4n) is 3.46. The molecule has 2 N–H and O–H groups in total. The molecule has 29 heavy (non-hydrogen) atoms. The Morgan fingerprint density at radius 2 is 1.83 bits per heavy atom. The number of benzene rings is 2. The minimum atomic E-state index is -3.34. The van der Waals surface area contributed by atoms with Gasteiger partial charge in [-0.3, -0.25) is 14.4 Å². The lowest BCUT2D eigenvalue weighted by atomic mass is 10.1. The van der Waals surface area contributed by atoms with Crippen LogP contribution in [-0.4, -0.2) is 44.1 Å². The minimum Gasteiger partial charge on any atom is -0.348 e. The fraction of sp³-hybridized carbons (Fsp3) is 0.409. The van der Waals surface area contributed by atoms with Gasteiger partial charge >= 0.3 is 0 Å². The lowest BCUT2D eigenvalue weighted by Gasteiger charge is -2.17. The van der Waals surface area contributed by atoms with E-state index in [4.69, 9.17) is 0 Å². The highest BCUT2D eigenvalue weighted by Crippen LogP contribution is 2.16. The van der Waals surface area contributed by atoms with E-state index in [1.54, 1.807) is 24.3 Å². The van der Waals surface area contributed by atoms with Crippen LogP contribution in [0.25, 0.3) is 0 Å². The van der Waals surface area contributed by atoms with Crippen LogP contribution in [0.1, 0.15) is 42.1 Å². The molecule has 1 aliphatic rings.